The number of nitrogens with one attached hydrogen (secondary N) is 1. The molecule has 3 aromatic rings. The minimum Gasteiger partial charge on any atom is -0.385 e. The van der Waals surface area contributed by atoms with Crippen molar-refractivity contribution in [1.82, 2.24) is 15.0 Å². The molecule has 0 amide bonds. The molecule has 0 saturated carbocycles. The monoisotopic (exact) mass is 250 g/mol. The zero-order valence-corrected chi connectivity index (χ0v) is 10.5. The standard InChI is InChI=1S/C15H14N4/c1-2-6-12-11(5-1)15(9-10-16-12)19-17-13-7-3-4-8-14(13)18-19/h1-8,15-16H,9-10H2. The molecule has 1 aromatic heterocycles. The predicted molar refractivity (Wildman–Crippen MR) is 75.2 cm³/mol. The van der Waals surface area contributed by atoms with Gasteiger partial charge in [-0.1, -0.05) is 30.3 Å². The fraction of sp³-hybridized carbons (Fsp3) is 0.200. The maximum absolute atomic E-state index is 4.61. The maximum Gasteiger partial charge on any atom is 0.113 e. The third kappa shape index (κ3) is 1.68. The average molecular weight is 250 g/mol. The second kappa shape index (κ2) is 4.09. The highest BCUT2D eigenvalue weighted by Gasteiger charge is 2.22. The first-order chi connectivity index (χ1) is 9.42. The predicted octanol–water partition coefficient (Wildman–Crippen LogP) is 2.84. The van der Waals surface area contributed by atoms with Gasteiger partial charge in [-0.05, 0) is 24.6 Å². The SMILES string of the molecule is c1ccc2c(c1)NCCC2n1nc2ccccc2n1. The molecule has 0 bridgehead atoms. The number of anilines is 1. The van der Waals surface area contributed by atoms with Gasteiger partial charge in [-0.2, -0.15) is 15.0 Å². The quantitative estimate of drug-likeness (QED) is 0.722. The van der Waals surface area contributed by atoms with E-state index in [1.54, 1.807) is 0 Å². The summed E-state index contributed by atoms with van der Waals surface area (Å²) >= 11 is 0. The van der Waals surface area contributed by atoms with Crippen LogP contribution in [0.3, 0.4) is 0 Å². The van der Waals surface area contributed by atoms with E-state index in [9.17, 15) is 0 Å². The summed E-state index contributed by atoms with van der Waals surface area (Å²) in [5, 5.41) is 12.7. The molecule has 94 valence electrons. The average Bonchev–Trinajstić information content (AvgIpc) is 2.90. The largest absolute Gasteiger partial charge is 0.385 e. The maximum atomic E-state index is 4.61. The summed E-state index contributed by atoms with van der Waals surface area (Å²) in [7, 11) is 0. The molecular formula is C15H14N4. The molecule has 4 nitrogen and oxygen atoms in total. The molecule has 0 fully saturated rings. The van der Waals surface area contributed by atoms with Crippen LogP contribution >= 0.6 is 0 Å². The van der Waals surface area contributed by atoms with Gasteiger partial charge in [0.05, 0.1) is 0 Å². The summed E-state index contributed by atoms with van der Waals surface area (Å²) in [6, 6.07) is 16.6. The van der Waals surface area contributed by atoms with Crippen LogP contribution in [0.1, 0.15) is 18.0 Å². The summed E-state index contributed by atoms with van der Waals surface area (Å²) in [6.07, 6.45) is 1.01. The van der Waals surface area contributed by atoms with Gasteiger partial charge in [-0.15, -0.1) is 0 Å². The first-order valence-corrected chi connectivity index (χ1v) is 6.56. The zero-order valence-electron chi connectivity index (χ0n) is 10.5. The fourth-order valence-corrected chi connectivity index (χ4v) is 2.70. The Kier molecular flexibility index (Phi) is 2.27. The minimum atomic E-state index is 0.227. The zero-order chi connectivity index (χ0) is 12.7. The van der Waals surface area contributed by atoms with Crippen molar-refractivity contribution < 1.29 is 0 Å². The number of hydrogen-bond donors (Lipinski definition) is 1. The summed E-state index contributed by atoms with van der Waals surface area (Å²) in [6.45, 7) is 0.958. The van der Waals surface area contributed by atoms with E-state index >= 15 is 0 Å². The smallest absolute Gasteiger partial charge is 0.113 e. The highest BCUT2D eigenvalue weighted by molar-refractivity contribution is 5.73. The van der Waals surface area contributed by atoms with Crippen molar-refractivity contribution in [2.75, 3.05) is 11.9 Å². The Bertz CT molecular complexity index is 699. The minimum absolute atomic E-state index is 0.227. The Labute approximate surface area is 111 Å². The van der Waals surface area contributed by atoms with Crippen molar-refractivity contribution in [3.8, 4) is 0 Å². The first-order valence-electron chi connectivity index (χ1n) is 6.56. The number of nitrogens with zero attached hydrogens (tertiary/aromatic N) is 3. The molecule has 0 saturated heterocycles. The van der Waals surface area contributed by atoms with E-state index in [0.29, 0.717) is 0 Å². The van der Waals surface area contributed by atoms with E-state index in [1.807, 2.05) is 29.1 Å². The van der Waals surface area contributed by atoms with Gasteiger partial charge in [0.2, 0.25) is 0 Å². The Morgan fingerprint density at radius 1 is 0.947 bits per heavy atom. The highest BCUT2D eigenvalue weighted by atomic mass is 15.5. The molecule has 1 aliphatic heterocycles. The summed E-state index contributed by atoms with van der Waals surface area (Å²) in [5.41, 5.74) is 4.38. The number of fused-ring (bicyclic) bond motifs is 2. The van der Waals surface area contributed by atoms with Gasteiger partial charge in [0.1, 0.15) is 17.1 Å². The summed E-state index contributed by atoms with van der Waals surface area (Å²) < 4.78 is 0. The molecule has 0 aliphatic carbocycles. The van der Waals surface area contributed by atoms with Crippen LogP contribution in [0.15, 0.2) is 48.5 Å². The lowest BCUT2D eigenvalue weighted by Gasteiger charge is -2.25. The number of benzene rings is 2. The van der Waals surface area contributed by atoms with Crippen molar-refractivity contribution in [1.29, 1.82) is 0 Å². The second-order valence-corrected chi connectivity index (χ2v) is 4.83. The van der Waals surface area contributed by atoms with Crippen LogP contribution in [-0.4, -0.2) is 21.5 Å². The van der Waals surface area contributed by atoms with Gasteiger partial charge in [0.25, 0.3) is 0 Å². The molecule has 1 aliphatic rings. The van der Waals surface area contributed by atoms with Crippen molar-refractivity contribution in [2.24, 2.45) is 0 Å². The van der Waals surface area contributed by atoms with Gasteiger partial charge >= 0.3 is 0 Å². The van der Waals surface area contributed by atoms with Crippen LogP contribution in [0.25, 0.3) is 11.0 Å². The van der Waals surface area contributed by atoms with Crippen LogP contribution in [0.5, 0.6) is 0 Å². The molecule has 1 N–H and O–H groups in total. The molecule has 0 spiro atoms. The molecule has 0 radical (unpaired) electrons. The molecular weight excluding hydrogens is 236 g/mol. The third-order valence-corrected chi connectivity index (χ3v) is 3.63. The van der Waals surface area contributed by atoms with E-state index in [0.717, 1.165) is 24.0 Å². The molecule has 1 atom stereocenters. The van der Waals surface area contributed by atoms with Gasteiger partial charge in [-0.3, -0.25) is 0 Å². The normalized spacial score (nSPS) is 18.0. The van der Waals surface area contributed by atoms with Crippen molar-refractivity contribution in [2.45, 2.75) is 12.5 Å². The van der Waals surface area contributed by atoms with Crippen LogP contribution in [0.2, 0.25) is 0 Å². The number of rotatable bonds is 1. The number of para-hydroxylation sites is 1. The lowest BCUT2D eigenvalue weighted by atomic mass is 9.99. The molecule has 1 unspecified atom stereocenters. The van der Waals surface area contributed by atoms with Crippen LogP contribution in [0.4, 0.5) is 5.69 Å². The van der Waals surface area contributed by atoms with E-state index < -0.39 is 0 Å². The summed E-state index contributed by atoms with van der Waals surface area (Å²) in [4.78, 5) is 1.87. The summed E-state index contributed by atoms with van der Waals surface area (Å²) in [5.74, 6) is 0. The second-order valence-electron chi connectivity index (χ2n) is 4.83. The lowest BCUT2D eigenvalue weighted by Crippen LogP contribution is -2.23. The van der Waals surface area contributed by atoms with Gasteiger partial charge in [-0.25, -0.2) is 0 Å². The highest BCUT2D eigenvalue weighted by Crippen LogP contribution is 2.31. The Morgan fingerprint density at radius 3 is 2.42 bits per heavy atom. The Hall–Kier alpha value is -2.36. The van der Waals surface area contributed by atoms with E-state index in [-0.39, 0.29) is 6.04 Å². The van der Waals surface area contributed by atoms with E-state index in [2.05, 4.69) is 39.8 Å². The van der Waals surface area contributed by atoms with Gasteiger partial charge in [0.15, 0.2) is 0 Å². The molecule has 4 heteroatoms. The molecule has 4 rings (SSSR count). The van der Waals surface area contributed by atoms with Crippen molar-refractivity contribution in [3.05, 3.63) is 54.1 Å². The van der Waals surface area contributed by atoms with Crippen LogP contribution in [0, 0.1) is 0 Å². The van der Waals surface area contributed by atoms with E-state index in [1.165, 1.54) is 11.3 Å². The Balaban J connectivity index is 1.85. The third-order valence-electron chi connectivity index (χ3n) is 3.63. The van der Waals surface area contributed by atoms with Gasteiger partial charge < -0.3 is 5.32 Å². The lowest BCUT2D eigenvalue weighted by molar-refractivity contribution is 0.442. The fourth-order valence-electron chi connectivity index (χ4n) is 2.70. The van der Waals surface area contributed by atoms with Crippen LogP contribution in [-0.2, 0) is 0 Å². The Morgan fingerprint density at radius 2 is 1.63 bits per heavy atom. The molecule has 2 aromatic carbocycles. The number of aromatic nitrogens is 3. The van der Waals surface area contributed by atoms with E-state index in [4.69, 9.17) is 0 Å². The van der Waals surface area contributed by atoms with Crippen molar-refractivity contribution in [3.63, 3.8) is 0 Å². The van der Waals surface area contributed by atoms with Crippen LogP contribution < -0.4 is 5.32 Å². The molecule has 19 heavy (non-hydrogen) atoms. The first kappa shape index (κ1) is 10.6. The number of hydrogen-bond acceptors (Lipinski definition) is 3. The topological polar surface area (TPSA) is 42.7 Å². The van der Waals surface area contributed by atoms with Crippen molar-refractivity contribution >= 4 is 16.7 Å². The molecule has 2 heterocycles. The van der Waals surface area contributed by atoms with Gasteiger partial charge in [0, 0.05) is 17.8 Å².